The smallest absolute Gasteiger partial charge is 0.289 e. The quantitative estimate of drug-likeness (QED) is 0.253. The number of hydrogen-bond acceptors (Lipinski definition) is 6. The summed E-state index contributed by atoms with van der Waals surface area (Å²) in [7, 11) is 0. The van der Waals surface area contributed by atoms with Gasteiger partial charge in [-0.05, 0) is 69.4 Å². The van der Waals surface area contributed by atoms with Crippen molar-refractivity contribution >= 4 is 40.5 Å². The molecular formula is C27H29N5O2S. The van der Waals surface area contributed by atoms with E-state index in [2.05, 4.69) is 34.3 Å². The van der Waals surface area contributed by atoms with E-state index in [1.807, 2.05) is 30.0 Å². The molecule has 2 heterocycles. The molecule has 7 nitrogen and oxygen atoms in total. The predicted molar refractivity (Wildman–Crippen MR) is 139 cm³/mol. The second kappa shape index (κ2) is 9.40. The predicted octanol–water partition coefficient (Wildman–Crippen LogP) is 5.31. The van der Waals surface area contributed by atoms with Crippen LogP contribution in [0.1, 0.15) is 60.1 Å². The van der Waals surface area contributed by atoms with Crippen molar-refractivity contribution in [3.63, 3.8) is 0 Å². The van der Waals surface area contributed by atoms with Gasteiger partial charge in [-0.2, -0.15) is 17.9 Å². The van der Waals surface area contributed by atoms with Crippen molar-refractivity contribution in [2.45, 2.75) is 57.0 Å². The van der Waals surface area contributed by atoms with Crippen LogP contribution in [0.2, 0.25) is 0 Å². The number of imidazole rings is 1. The summed E-state index contributed by atoms with van der Waals surface area (Å²) >= 11 is 5.04. The van der Waals surface area contributed by atoms with Gasteiger partial charge in [-0.3, -0.25) is 10.1 Å². The zero-order chi connectivity index (χ0) is 24.6. The van der Waals surface area contributed by atoms with Crippen molar-refractivity contribution in [3.8, 4) is 6.07 Å². The van der Waals surface area contributed by atoms with Gasteiger partial charge in [-0.25, -0.2) is 4.98 Å². The summed E-state index contributed by atoms with van der Waals surface area (Å²) in [5, 5.41) is 13.9. The number of H-pyrrole nitrogens is 1. The third kappa shape index (κ3) is 4.54. The zero-order valence-electron chi connectivity index (χ0n) is 20.0. The Morgan fingerprint density at radius 3 is 2.97 bits per heavy atom. The summed E-state index contributed by atoms with van der Waals surface area (Å²) in [4.78, 5) is 22.5. The highest BCUT2D eigenvalue weighted by atomic mass is 32.1. The number of fused-ring (bicyclic) bond motifs is 2. The summed E-state index contributed by atoms with van der Waals surface area (Å²) in [5.74, 6) is 1.10. The van der Waals surface area contributed by atoms with Gasteiger partial charge in [0.2, 0.25) is 0 Å². The van der Waals surface area contributed by atoms with Gasteiger partial charge in [0.1, 0.15) is 11.3 Å². The second-order valence-corrected chi connectivity index (χ2v) is 10.2. The molecule has 1 unspecified atom stereocenters. The van der Waals surface area contributed by atoms with E-state index in [1.165, 1.54) is 0 Å². The number of benzene rings is 2. The normalized spacial score (nSPS) is 20.2. The van der Waals surface area contributed by atoms with E-state index in [-0.39, 0.29) is 11.9 Å². The number of thiol groups is 1. The number of carbonyl (C=O) groups excluding carboxylic acids is 1. The number of hydrogen-bond donors (Lipinski definition) is 3. The summed E-state index contributed by atoms with van der Waals surface area (Å²) in [6, 6.07) is 15.4. The van der Waals surface area contributed by atoms with E-state index in [0.717, 1.165) is 53.5 Å². The van der Waals surface area contributed by atoms with Crippen LogP contribution in [0, 0.1) is 18.3 Å². The molecule has 0 aliphatic heterocycles. The Morgan fingerprint density at radius 2 is 2.20 bits per heavy atom. The highest BCUT2D eigenvalue weighted by Gasteiger charge is 2.37. The van der Waals surface area contributed by atoms with E-state index in [4.69, 9.17) is 22.3 Å². The van der Waals surface area contributed by atoms with Crippen LogP contribution in [0.4, 0.5) is 0 Å². The molecule has 0 radical (unpaired) electrons. The van der Waals surface area contributed by atoms with Crippen LogP contribution in [0.15, 0.2) is 46.9 Å². The van der Waals surface area contributed by atoms with Crippen LogP contribution in [0.3, 0.4) is 0 Å². The fourth-order valence-electron chi connectivity index (χ4n) is 5.17. The lowest BCUT2D eigenvalue weighted by Crippen LogP contribution is -2.51. The first-order chi connectivity index (χ1) is 16.9. The summed E-state index contributed by atoms with van der Waals surface area (Å²) in [6.07, 6.45) is 3.54. The second-order valence-electron chi connectivity index (χ2n) is 9.30. The van der Waals surface area contributed by atoms with Gasteiger partial charge in [0.25, 0.3) is 5.91 Å². The first kappa shape index (κ1) is 23.5. The largest absolute Gasteiger partial charge is 0.459 e. The molecule has 1 fully saturated rings. The monoisotopic (exact) mass is 487 g/mol. The molecule has 0 spiro atoms. The summed E-state index contributed by atoms with van der Waals surface area (Å²) < 4.78 is 6.08. The molecular weight excluding hydrogens is 458 g/mol. The van der Waals surface area contributed by atoms with Crippen molar-refractivity contribution < 1.29 is 9.21 Å². The lowest BCUT2D eigenvalue weighted by molar-refractivity contribution is 0.0605. The van der Waals surface area contributed by atoms with Gasteiger partial charge < -0.3 is 14.3 Å². The Kier molecular flexibility index (Phi) is 6.30. The minimum absolute atomic E-state index is 0.0471. The number of aromatic nitrogens is 2. The molecule has 0 saturated heterocycles. The molecule has 180 valence electrons. The number of aromatic amines is 1. The molecule has 2 N–H and O–H groups in total. The number of rotatable bonds is 6. The first-order valence-electron chi connectivity index (χ1n) is 12.1. The van der Waals surface area contributed by atoms with E-state index < -0.39 is 4.87 Å². The lowest BCUT2D eigenvalue weighted by atomic mass is 9.89. The number of nitrogens with zero attached hydrogens (tertiary/aromatic N) is 3. The fourth-order valence-corrected chi connectivity index (χ4v) is 5.62. The van der Waals surface area contributed by atoms with E-state index in [0.29, 0.717) is 30.0 Å². The standard InChI is InChI=1S/C27H29N5O2S/c1-3-32(26(33)25-30-21-11-10-18(15-28)13-22(21)31-25)19-7-6-12-27(35,14-19)29-16-24-17(2)20-8-4-5-9-23(20)34-24/h4-5,8-11,13,19,29,35H,3,6-7,12,14,16H2,1-2H3,(H,30,31)/t19-,27?/m0/s1. The number of furan rings is 1. The molecule has 35 heavy (non-hydrogen) atoms. The Labute approximate surface area is 209 Å². The van der Waals surface area contributed by atoms with Gasteiger partial charge in [-0.1, -0.05) is 18.2 Å². The van der Waals surface area contributed by atoms with Gasteiger partial charge >= 0.3 is 0 Å². The number of aryl methyl sites for hydroxylation is 1. The van der Waals surface area contributed by atoms with Gasteiger partial charge in [0.05, 0.1) is 34.1 Å². The van der Waals surface area contributed by atoms with Crippen LogP contribution in [-0.2, 0) is 6.54 Å². The number of amides is 1. The lowest BCUT2D eigenvalue weighted by Gasteiger charge is -2.42. The SMILES string of the molecule is CCN(C(=O)c1nc2cc(C#N)ccc2[nH]1)[C@H]1CCCC(S)(NCc2oc3ccccc3c2C)C1. The zero-order valence-corrected chi connectivity index (χ0v) is 20.9. The minimum atomic E-state index is -0.405. The average molecular weight is 488 g/mol. The Morgan fingerprint density at radius 1 is 1.37 bits per heavy atom. The number of nitriles is 1. The molecule has 1 amide bonds. The summed E-state index contributed by atoms with van der Waals surface area (Å²) in [6.45, 7) is 5.24. The molecule has 8 heteroatoms. The molecule has 2 atom stereocenters. The number of para-hydroxylation sites is 1. The molecule has 1 aliphatic carbocycles. The molecule has 4 aromatic rings. The van der Waals surface area contributed by atoms with Gasteiger partial charge in [0.15, 0.2) is 5.82 Å². The summed E-state index contributed by atoms with van der Waals surface area (Å²) in [5.41, 5.74) is 3.93. The Bertz CT molecular complexity index is 1430. The van der Waals surface area contributed by atoms with Gasteiger partial charge in [-0.15, -0.1) is 0 Å². The highest BCUT2D eigenvalue weighted by molar-refractivity contribution is 7.81. The third-order valence-electron chi connectivity index (χ3n) is 7.08. The van der Waals surface area contributed by atoms with E-state index in [9.17, 15) is 4.79 Å². The topological polar surface area (TPSA) is 98.0 Å². The maximum atomic E-state index is 13.4. The molecule has 2 aromatic heterocycles. The van der Waals surface area contributed by atoms with Crippen LogP contribution < -0.4 is 5.32 Å². The Hall–Kier alpha value is -3.28. The van der Waals surface area contributed by atoms with Crippen LogP contribution in [0.25, 0.3) is 22.0 Å². The van der Waals surface area contributed by atoms with E-state index >= 15 is 0 Å². The number of nitrogens with one attached hydrogen (secondary N) is 2. The fraction of sp³-hybridized carbons (Fsp3) is 0.370. The highest BCUT2D eigenvalue weighted by Crippen LogP contribution is 2.35. The van der Waals surface area contributed by atoms with Crippen molar-refractivity contribution in [1.29, 1.82) is 5.26 Å². The molecule has 1 aliphatic rings. The maximum Gasteiger partial charge on any atom is 0.289 e. The molecule has 0 bridgehead atoms. The third-order valence-corrected chi connectivity index (χ3v) is 7.64. The van der Waals surface area contributed by atoms with Crippen LogP contribution >= 0.6 is 12.6 Å². The average Bonchev–Trinajstić information content (AvgIpc) is 3.44. The first-order valence-corrected chi connectivity index (χ1v) is 12.5. The van der Waals surface area contributed by atoms with Crippen LogP contribution in [-0.4, -0.2) is 38.2 Å². The van der Waals surface area contributed by atoms with Crippen molar-refractivity contribution in [1.82, 2.24) is 20.2 Å². The van der Waals surface area contributed by atoms with E-state index in [1.54, 1.807) is 18.2 Å². The molecule has 1 saturated carbocycles. The molecule has 2 aromatic carbocycles. The van der Waals surface area contributed by atoms with Gasteiger partial charge in [0, 0.05) is 18.0 Å². The van der Waals surface area contributed by atoms with Crippen molar-refractivity contribution in [2.24, 2.45) is 0 Å². The maximum absolute atomic E-state index is 13.4. The van der Waals surface area contributed by atoms with Crippen molar-refractivity contribution in [3.05, 3.63) is 65.2 Å². The Balaban J connectivity index is 1.31. The van der Waals surface area contributed by atoms with Crippen molar-refractivity contribution in [2.75, 3.05) is 6.54 Å². The number of carbonyl (C=O) groups is 1. The minimum Gasteiger partial charge on any atom is -0.459 e. The van der Waals surface area contributed by atoms with Crippen LogP contribution in [0.5, 0.6) is 0 Å². The molecule has 5 rings (SSSR count).